The smallest absolute Gasteiger partial charge is 0.0311 e. The highest BCUT2D eigenvalue weighted by Gasteiger charge is 1.98. The average Bonchev–Trinajstić information content (AvgIpc) is 2.25. The second-order valence-electron chi connectivity index (χ2n) is 4.21. The van der Waals surface area contributed by atoms with Crippen LogP contribution in [0.3, 0.4) is 0 Å². The summed E-state index contributed by atoms with van der Waals surface area (Å²) >= 11 is 5.45. The van der Waals surface area contributed by atoms with Gasteiger partial charge >= 0.3 is 0 Å². The van der Waals surface area contributed by atoms with Crippen LogP contribution in [0.1, 0.15) is 20.3 Å². The number of hydrogen-bond acceptors (Lipinski definition) is 2. The molecule has 1 nitrogen and oxygen atoms in total. The summed E-state index contributed by atoms with van der Waals surface area (Å²) in [5.41, 5.74) is 0. The van der Waals surface area contributed by atoms with E-state index < -0.39 is 0 Å². The first-order valence-electron chi connectivity index (χ1n) is 5.78. The number of hydrogen-bond donors (Lipinski definition) is 1. The van der Waals surface area contributed by atoms with Gasteiger partial charge in [-0.05, 0) is 46.9 Å². The minimum atomic E-state index is 0.795. The van der Waals surface area contributed by atoms with Gasteiger partial charge in [-0.2, -0.15) is 0 Å². The second kappa shape index (κ2) is 8.15. The number of thioether (sulfide) groups is 1. The van der Waals surface area contributed by atoms with Crippen molar-refractivity contribution in [2.75, 3.05) is 18.8 Å². The summed E-state index contributed by atoms with van der Waals surface area (Å²) in [6.45, 7) is 6.74. The first-order chi connectivity index (χ1) is 7.70. The maximum Gasteiger partial charge on any atom is 0.0311 e. The minimum Gasteiger partial charge on any atom is -0.316 e. The summed E-state index contributed by atoms with van der Waals surface area (Å²) in [5, 5.41) is 3.47. The minimum absolute atomic E-state index is 0.795. The molecule has 0 bridgehead atoms. The second-order valence-corrected chi connectivity index (χ2v) is 6.20. The van der Waals surface area contributed by atoms with E-state index in [9.17, 15) is 0 Å². The SMILES string of the molecule is CC(C)CCNCCSc1ccccc1Br. The van der Waals surface area contributed by atoms with Crippen LogP contribution in [0.2, 0.25) is 0 Å². The molecule has 1 rings (SSSR count). The number of nitrogens with one attached hydrogen (secondary N) is 1. The largest absolute Gasteiger partial charge is 0.316 e. The molecule has 1 aromatic carbocycles. The molecule has 1 aromatic rings. The lowest BCUT2D eigenvalue weighted by Crippen LogP contribution is -2.19. The van der Waals surface area contributed by atoms with Crippen LogP contribution in [0.4, 0.5) is 0 Å². The molecule has 0 unspecified atom stereocenters. The van der Waals surface area contributed by atoms with Gasteiger partial charge in [-0.1, -0.05) is 26.0 Å². The number of benzene rings is 1. The van der Waals surface area contributed by atoms with Gasteiger partial charge in [-0.25, -0.2) is 0 Å². The van der Waals surface area contributed by atoms with E-state index in [1.165, 1.54) is 15.8 Å². The van der Waals surface area contributed by atoms with Crippen LogP contribution < -0.4 is 5.32 Å². The Morgan fingerprint density at radius 3 is 2.69 bits per heavy atom. The lowest BCUT2D eigenvalue weighted by molar-refractivity contribution is 0.547. The highest BCUT2D eigenvalue weighted by atomic mass is 79.9. The zero-order valence-corrected chi connectivity index (χ0v) is 12.4. The normalized spacial score (nSPS) is 11.0. The lowest BCUT2D eigenvalue weighted by atomic mass is 10.1. The van der Waals surface area contributed by atoms with Crippen molar-refractivity contribution in [2.24, 2.45) is 5.92 Å². The van der Waals surface area contributed by atoms with Crippen LogP contribution in [-0.4, -0.2) is 18.8 Å². The van der Waals surface area contributed by atoms with Crippen molar-refractivity contribution in [3.8, 4) is 0 Å². The fraction of sp³-hybridized carbons (Fsp3) is 0.538. The molecule has 0 radical (unpaired) electrons. The van der Waals surface area contributed by atoms with E-state index in [0.29, 0.717) is 0 Å². The van der Waals surface area contributed by atoms with Crippen molar-refractivity contribution < 1.29 is 0 Å². The zero-order chi connectivity index (χ0) is 11.8. The average molecular weight is 302 g/mol. The molecule has 0 aliphatic rings. The predicted molar refractivity (Wildman–Crippen MR) is 77.2 cm³/mol. The third-order valence-electron chi connectivity index (χ3n) is 2.27. The lowest BCUT2D eigenvalue weighted by Gasteiger charge is -2.07. The molecule has 0 amide bonds. The fourth-order valence-electron chi connectivity index (χ4n) is 1.31. The van der Waals surface area contributed by atoms with Gasteiger partial charge in [0, 0.05) is 21.7 Å². The monoisotopic (exact) mass is 301 g/mol. The summed E-state index contributed by atoms with van der Waals surface area (Å²) in [5.74, 6) is 1.92. The molecular formula is C13H20BrNS. The fourth-order valence-corrected chi connectivity index (χ4v) is 2.79. The van der Waals surface area contributed by atoms with Gasteiger partial charge in [-0.15, -0.1) is 11.8 Å². The summed E-state index contributed by atoms with van der Waals surface area (Å²) in [6.07, 6.45) is 1.26. The Labute approximate surface area is 112 Å². The van der Waals surface area contributed by atoms with E-state index in [-0.39, 0.29) is 0 Å². The van der Waals surface area contributed by atoms with E-state index in [4.69, 9.17) is 0 Å². The molecular weight excluding hydrogens is 282 g/mol. The molecule has 0 saturated carbocycles. The van der Waals surface area contributed by atoms with E-state index in [0.717, 1.165) is 24.8 Å². The van der Waals surface area contributed by atoms with Gasteiger partial charge in [0.05, 0.1) is 0 Å². The molecule has 0 saturated heterocycles. The van der Waals surface area contributed by atoms with Crippen molar-refractivity contribution in [2.45, 2.75) is 25.2 Å². The maximum atomic E-state index is 3.56. The van der Waals surface area contributed by atoms with Gasteiger partial charge in [0.1, 0.15) is 0 Å². The van der Waals surface area contributed by atoms with Crippen LogP contribution in [-0.2, 0) is 0 Å². The summed E-state index contributed by atoms with van der Waals surface area (Å²) in [7, 11) is 0. The van der Waals surface area contributed by atoms with Crippen LogP contribution in [0.15, 0.2) is 33.6 Å². The molecule has 0 aliphatic carbocycles. The Morgan fingerprint density at radius 2 is 2.00 bits per heavy atom. The molecule has 0 fully saturated rings. The third kappa shape index (κ3) is 5.92. The van der Waals surface area contributed by atoms with Gasteiger partial charge < -0.3 is 5.32 Å². The Morgan fingerprint density at radius 1 is 1.25 bits per heavy atom. The molecule has 0 heterocycles. The standard InChI is InChI=1S/C13H20BrNS/c1-11(2)7-8-15-9-10-16-13-6-4-3-5-12(13)14/h3-6,11,15H,7-10H2,1-2H3. The molecule has 0 spiro atoms. The van der Waals surface area contributed by atoms with Crippen molar-refractivity contribution in [3.05, 3.63) is 28.7 Å². The highest BCUT2D eigenvalue weighted by Crippen LogP contribution is 2.26. The third-order valence-corrected chi connectivity index (χ3v) is 4.30. The van der Waals surface area contributed by atoms with Crippen LogP contribution >= 0.6 is 27.7 Å². The predicted octanol–water partition coefficient (Wildman–Crippen LogP) is 4.18. The maximum absolute atomic E-state index is 3.56. The van der Waals surface area contributed by atoms with Gasteiger partial charge in [0.15, 0.2) is 0 Å². The van der Waals surface area contributed by atoms with E-state index in [1.54, 1.807) is 0 Å². The zero-order valence-electron chi connectivity index (χ0n) is 10.0. The Hall–Kier alpha value is 0.01000. The van der Waals surface area contributed by atoms with Crippen molar-refractivity contribution >= 4 is 27.7 Å². The molecule has 3 heteroatoms. The molecule has 90 valence electrons. The number of halogens is 1. The Kier molecular flexibility index (Phi) is 7.17. The van der Waals surface area contributed by atoms with Gasteiger partial charge in [-0.3, -0.25) is 0 Å². The van der Waals surface area contributed by atoms with E-state index in [2.05, 4.69) is 59.4 Å². The Bertz CT molecular complexity index is 302. The molecule has 1 N–H and O–H groups in total. The van der Waals surface area contributed by atoms with Gasteiger partial charge in [0.2, 0.25) is 0 Å². The van der Waals surface area contributed by atoms with Crippen LogP contribution in [0, 0.1) is 5.92 Å². The first-order valence-corrected chi connectivity index (χ1v) is 7.56. The molecule has 16 heavy (non-hydrogen) atoms. The van der Waals surface area contributed by atoms with Gasteiger partial charge in [0.25, 0.3) is 0 Å². The first kappa shape index (κ1) is 14.1. The number of rotatable bonds is 7. The summed E-state index contributed by atoms with van der Waals surface area (Å²) in [6, 6.07) is 8.38. The highest BCUT2D eigenvalue weighted by molar-refractivity contribution is 9.10. The Balaban J connectivity index is 2.10. The summed E-state index contributed by atoms with van der Waals surface area (Å²) < 4.78 is 1.20. The van der Waals surface area contributed by atoms with Crippen LogP contribution in [0.25, 0.3) is 0 Å². The topological polar surface area (TPSA) is 12.0 Å². The molecule has 0 aliphatic heterocycles. The van der Waals surface area contributed by atoms with Crippen LogP contribution in [0.5, 0.6) is 0 Å². The van der Waals surface area contributed by atoms with E-state index in [1.807, 2.05) is 11.8 Å². The quantitative estimate of drug-likeness (QED) is 0.599. The van der Waals surface area contributed by atoms with Crippen molar-refractivity contribution in [3.63, 3.8) is 0 Å². The molecule has 0 aromatic heterocycles. The van der Waals surface area contributed by atoms with Crippen molar-refractivity contribution in [1.82, 2.24) is 5.32 Å². The summed E-state index contributed by atoms with van der Waals surface area (Å²) in [4.78, 5) is 1.33. The molecule has 0 atom stereocenters. The van der Waals surface area contributed by atoms with E-state index >= 15 is 0 Å². The van der Waals surface area contributed by atoms with Crippen molar-refractivity contribution in [1.29, 1.82) is 0 Å².